The summed E-state index contributed by atoms with van der Waals surface area (Å²) in [5.74, 6) is 0.202. The van der Waals surface area contributed by atoms with Crippen LogP contribution in [0.2, 0.25) is 0 Å². The average molecular weight is 325 g/mol. The quantitative estimate of drug-likeness (QED) is 0.888. The van der Waals surface area contributed by atoms with E-state index < -0.39 is 0 Å². The van der Waals surface area contributed by atoms with Crippen molar-refractivity contribution in [3.05, 3.63) is 59.9 Å². The lowest BCUT2D eigenvalue weighted by molar-refractivity contribution is -0.116. The Morgan fingerprint density at radius 3 is 2.42 bits per heavy atom. The number of amides is 2. The molecule has 0 saturated carbocycles. The van der Waals surface area contributed by atoms with Gasteiger partial charge in [-0.2, -0.15) is 0 Å². The van der Waals surface area contributed by atoms with Crippen molar-refractivity contribution >= 4 is 17.5 Å². The molecule has 126 valence electrons. The van der Waals surface area contributed by atoms with E-state index in [1.807, 2.05) is 24.3 Å². The van der Waals surface area contributed by atoms with Crippen LogP contribution in [0, 0.1) is 0 Å². The minimum atomic E-state index is -0.193. The Labute approximate surface area is 142 Å². The summed E-state index contributed by atoms with van der Waals surface area (Å²) in [6.45, 7) is 6.58. The van der Waals surface area contributed by atoms with Gasteiger partial charge in [0.05, 0.1) is 5.56 Å². The first-order chi connectivity index (χ1) is 11.5. The molecule has 1 aromatic heterocycles. The first-order valence-electron chi connectivity index (χ1n) is 8.05. The number of pyridine rings is 1. The molecule has 0 unspecified atom stereocenters. The van der Waals surface area contributed by atoms with Crippen LogP contribution in [0.15, 0.2) is 48.8 Å². The molecule has 2 rings (SSSR count). The number of rotatable bonds is 6. The van der Waals surface area contributed by atoms with E-state index in [0.717, 1.165) is 5.69 Å². The van der Waals surface area contributed by atoms with Gasteiger partial charge in [-0.15, -0.1) is 0 Å². The molecule has 24 heavy (non-hydrogen) atoms. The van der Waals surface area contributed by atoms with E-state index in [4.69, 9.17) is 0 Å². The van der Waals surface area contributed by atoms with Crippen LogP contribution < -0.4 is 10.2 Å². The lowest BCUT2D eigenvalue weighted by atomic mass is 10.0. The summed E-state index contributed by atoms with van der Waals surface area (Å²) in [6, 6.07) is 11.4. The number of carbonyl (C=O) groups is 2. The maximum Gasteiger partial charge on any atom is 0.252 e. The van der Waals surface area contributed by atoms with Crippen LogP contribution in [0.25, 0.3) is 0 Å². The van der Waals surface area contributed by atoms with Gasteiger partial charge >= 0.3 is 0 Å². The molecule has 0 radical (unpaired) electrons. The van der Waals surface area contributed by atoms with Gasteiger partial charge in [0.15, 0.2) is 0 Å². The number of anilines is 1. The van der Waals surface area contributed by atoms with Crippen molar-refractivity contribution in [1.29, 1.82) is 0 Å². The van der Waals surface area contributed by atoms with Crippen LogP contribution in [0.1, 0.15) is 42.6 Å². The second-order valence-corrected chi connectivity index (χ2v) is 5.91. The molecule has 5 heteroatoms. The highest BCUT2D eigenvalue weighted by Gasteiger charge is 2.12. The van der Waals surface area contributed by atoms with Crippen LogP contribution in [0.3, 0.4) is 0 Å². The average Bonchev–Trinajstić information content (AvgIpc) is 2.59. The lowest BCUT2D eigenvalue weighted by Gasteiger charge is -2.22. The summed E-state index contributed by atoms with van der Waals surface area (Å²) < 4.78 is 0. The molecular weight excluding hydrogens is 302 g/mol. The molecule has 1 aromatic carbocycles. The Morgan fingerprint density at radius 1 is 1.17 bits per heavy atom. The van der Waals surface area contributed by atoms with Crippen molar-refractivity contribution in [1.82, 2.24) is 10.3 Å². The fourth-order valence-corrected chi connectivity index (χ4v) is 2.39. The SMILES string of the molecule is CC(=O)N(CCNC(=O)c1cccnc1)c1ccc(C(C)C)cc1. The van der Waals surface area contributed by atoms with E-state index in [1.165, 1.54) is 18.7 Å². The van der Waals surface area contributed by atoms with Gasteiger partial charge in [-0.3, -0.25) is 14.6 Å². The molecule has 2 amide bonds. The van der Waals surface area contributed by atoms with Crippen molar-refractivity contribution in [3.8, 4) is 0 Å². The molecule has 1 heterocycles. The van der Waals surface area contributed by atoms with Crippen molar-refractivity contribution in [3.63, 3.8) is 0 Å². The summed E-state index contributed by atoms with van der Waals surface area (Å²) in [6.07, 6.45) is 3.14. The largest absolute Gasteiger partial charge is 0.350 e. The number of nitrogens with zero attached hydrogens (tertiary/aromatic N) is 2. The maximum absolute atomic E-state index is 12.0. The minimum Gasteiger partial charge on any atom is -0.350 e. The van der Waals surface area contributed by atoms with Gasteiger partial charge in [0.2, 0.25) is 5.91 Å². The first-order valence-corrected chi connectivity index (χ1v) is 8.05. The number of aromatic nitrogens is 1. The molecule has 5 nitrogen and oxygen atoms in total. The standard InChI is InChI=1S/C19H23N3O2/c1-14(2)16-6-8-18(9-7-16)22(15(3)23)12-11-21-19(24)17-5-4-10-20-13-17/h4-10,13-14H,11-12H2,1-3H3,(H,21,24). The number of benzene rings is 1. The molecule has 0 spiro atoms. The van der Waals surface area contributed by atoms with Crippen LogP contribution >= 0.6 is 0 Å². The van der Waals surface area contributed by atoms with E-state index in [9.17, 15) is 9.59 Å². The van der Waals surface area contributed by atoms with Crippen molar-refractivity contribution in [2.24, 2.45) is 0 Å². The monoisotopic (exact) mass is 325 g/mol. The predicted octanol–water partition coefficient (Wildman–Crippen LogP) is 2.99. The van der Waals surface area contributed by atoms with Gasteiger partial charge in [-0.25, -0.2) is 0 Å². The van der Waals surface area contributed by atoms with E-state index in [-0.39, 0.29) is 11.8 Å². The molecule has 0 fully saturated rings. The highest BCUT2D eigenvalue weighted by molar-refractivity contribution is 5.94. The van der Waals surface area contributed by atoms with Gasteiger partial charge in [-0.05, 0) is 35.7 Å². The maximum atomic E-state index is 12.0. The van der Waals surface area contributed by atoms with Crippen LogP contribution in [0.4, 0.5) is 5.69 Å². The Bertz CT molecular complexity index is 682. The van der Waals surface area contributed by atoms with E-state index in [0.29, 0.717) is 24.6 Å². The number of hydrogen-bond donors (Lipinski definition) is 1. The number of carbonyl (C=O) groups excluding carboxylic acids is 2. The molecule has 0 saturated heterocycles. The summed E-state index contributed by atoms with van der Waals surface area (Å²) in [5.41, 5.74) is 2.57. The molecule has 0 atom stereocenters. The van der Waals surface area contributed by atoms with Crippen molar-refractivity contribution < 1.29 is 9.59 Å². The van der Waals surface area contributed by atoms with Gasteiger partial charge in [0.25, 0.3) is 5.91 Å². The molecule has 0 aliphatic carbocycles. The summed E-state index contributed by atoms with van der Waals surface area (Å²) in [4.78, 5) is 29.5. The van der Waals surface area contributed by atoms with Crippen molar-refractivity contribution in [2.75, 3.05) is 18.0 Å². The van der Waals surface area contributed by atoms with Crippen LogP contribution in [0.5, 0.6) is 0 Å². The van der Waals surface area contributed by atoms with Crippen LogP contribution in [-0.4, -0.2) is 29.9 Å². The third-order valence-corrected chi connectivity index (χ3v) is 3.80. The second kappa shape index (κ2) is 8.24. The summed E-state index contributed by atoms with van der Waals surface area (Å²) in [5, 5.41) is 2.81. The van der Waals surface area contributed by atoms with Gasteiger partial charge in [0, 0.05) is 38.1 Å². The molecular formula is C19H23N3O2. The highest BCUT2D eigenvalue weighted by atomic mass is 16.2. The third-order valence-electron chi connectivity index (χ3n) is 3.80. The predicted molar refractivity (Wildman–Crippen MR) is 95.1 cm³/mol. The van der Waals surface area contributed by atoms with E-state index >= 15 is 0 Å². The lowest BCUT2D eigenvalue weighted by Crippen LogP contribution is -2.37. The molecule has 0 aliphatic heterocycles. The molecule has 1 N–H and O–H groups in total. The number of nitrogens with one attached hydrogen (secondary N) is 1. The Balaban J connectivity index is 1.96. The topological polar surface area (TPSA) is 62.3 Å². The fourth-order valence-electron chi connectivity index (χ4n) is 2.39. The Hall–Kier alpha value is -2.69. The smallest absolute Gasteiger partial charge is 0.252 e. The fraction of sp³-hybridized carbons (Fsp3) is 0.316. The molecule has 0 aliphatic rings. The number of hydrogen-bond acceptors (Lipinski definition) is 3. The molecule has 2 aromatic rings. The van der Waals surface area contributed by atoms with Gasteiger partial charge < -0.3 is 10.2 Å². The van der Waals surface area contributed by atoms with E-state index in [1.54, 1.807) is 23.2 Å². The second-order valence-electron chi connectivity index (χ2n) is 5.91. The van der Waals surface area contributed by atoms with Gasteiger partial charge in [-0.1, -0.05) is 26.0 Å². The zero-order chi connectivity index (χ0) is 17.5. The first kappa shape index (κ1) is 17.7. The minimum absolute atomic E-state index is 0.0528. The normalized spacial score (nSPS) is 10.5. The zero-order valence-corrected chi connectivity index (χ0v) is 14.3. The van der Waals surface area contributed by atoms with Gasteiger partial charge in [0.1, 0.15) is 0 Å². The highest BCUT2D eigenvalue weighted by Crippen LogP contribution is 2.20. The van der Waals surface area contributed by atoms with Crippen LogP contribution in [-0.2, 0) is 4.79 Å². The Kier molecular flexibility index (Phi) is 6.07. The zero-order valence-electron chi connectivity index (χ0n) is 14.3. The molecule has 0 bridgehead atoms. The van der Waals surface area contributed by atoms with E-state index in [2.05, 4.69) is 24.1 Å². The Morgan fingerprint density at radius 2 is 1.88 bits per heavy atom. The third kappa shape index (κ3) is 4.65. The summed E-state index contributed by atoms with van der Waals surface area (Å²) >= 11 is 0. The van der Waals surface area contributed by atoms with Crippen molar-refractivity contribution in [2.45, 2.75) is 26.7 Å². The summed E-state index contributed by atoms with van der Waals surface area (Å²) in [7, 11) is 0.